The van der Waals surface area contributed by atoms with Gasteiger partial charge in [-0.3, -0.25) is 4.31 Å². The number of rotatable bonds is 6. The van der Waals surface area contributed by atoms with Gasteiger partial charge in [0.15, 0.2) is 11.6 Å². The Bertz CT molecular complexity index is 1200. The number of benzene rings is 1. The molecule has 1 aliphatic rings. The average molecular weight is 430 g/mol. The van der Waals surface area contributed by atoms with E-state index in [1.54, 1.807) is 18.5 Å². The van der Waals surface area contributed by atoms with Crippen LogP contribution in [0.25, 0.3) is 22.2 Å². The molecule has 0 spiro atoms. The first kappa shape index (κ1) is 20.4. The zero-order valence-corrected chi connectivity index (χ0v) is 17.7. The lowest BCUT2D eigenvalue weighted by atomic mass is 9.98. The Kier molecular flexibility index (Phi) is 5.51. The Morgan fingerprint density at radius 1 is 1.30 bits per heavy atom. The van der Waals surface area contributed by atoms with Gasteiger partial charge in [-0.1, -0.05) is 19.1 Å². The molecule has 0 aliphatic carbocycles. The van der Waals surface area contributed by atoms with Crippen molar-refractivity contribution in [2.45, 2.75) is 25.7 Å². The quantitative estimate of drug-likeness (QED) is 0.629. The van der Waals surface area contributed by atoms with Gasteiger partial charge in [0, 0.05) is 35.9 Å². The Balaban J connectivity index is 1.66. The van der Waals surface area contributed by atoms with Crippen molar-refractivity contribution in [3.05, 3.63) is 60.3 Å². The highest BCUT2D eigenvalue weighted by molar-refractivity contribution is 7.88. The fourth-order valence-electron chi connectivity index (χ4n) is 3.67. The van der Waals surface area contributed by atoms with Crippen LogP contribution in [0, 0.1) is 5.82 Å². The summed E-state index contributed by atoms with van der Waals surface area (Å²) in [6.45, 7) is 2.88. The number of fused-ring (bicyclic) bond motifs is 1. The van der Waals surface area contributed by atoms with Gasteiger partial charge in [-0.15, -0.1) is 0 Å². The first-order valence-corrected chi connectivity index (χ1v) is 11.8. The first-order valence-electron chi connectivity index (χ1n) is 9.92. The van der Waals surface area contributed by atoms with E-state index in [1.165, 1.54) is 16.6 Å². The number of allylic oxidation sites excluding steroid dienone is 1. The lowest BCUT2D eigenvalue weighted by Crippen LogP contribution is -2.29. The molecular formula is C22H24FN3O3S. The molecule has 0 fully saturated rings. The van der Waals surface area contributed by atoms with Crippen LogP contribution >= 0.6 is 0 Å². The monoisotopic (exact) mass is 429 g/mol. The van der Waals surface area contributed by atoms with E-state index in [0.29, 0.717) is 25.2 Å². The number of hydrogen-bond acceptors (Lipinski definition) is 4. The van der Waals surface area contributed by atoms with Crippen molar-refractivity contribution in [1.82, 2.24) is 14.3 Å². The van der Waals surface area contributed by atoms with E-state index in [0.717, 1.165) is 28.6 Å². The van der Waals surface area contributed by atoms with E-state index in [9.17, 15) is 12.8 Å². The summed E-state index contributed by atoms with van der Waals surface area (Å²) >= 11 is 0. The van der Waals surface area contributed by atoms with Gasteiger partial charge in [-0.25, -0.2) is 17.8 Å². The van der Waals surface area contributed by atoms with Gasteiger partial charge < -0.3 is 9.72 Å². The fraction of sp³-hybridized carbons (Fsp3) is 0.318. The van der Waals surface area contributed by atoms with Gasteiger partial charge in [-0.05, 0) is 48.2 Å². The summed E-state index contributed by atoms with van der Waals surface area (Å²) in [5, 5.41) is 0.896. The van der Waals surface area contributed by atoms with Crippen molar-refractivity contribution in [1.29, 1.82) is 0 Å². The van der Waals surface area contributed by atoms with Gasteiger partial charge in [0.1, 0.15) is 5.65 Å². The fourth-order valence-corrected chi connectivity index (χ4v) is 4.40. The maximum Gasteiger partial charge on any atom is 0.231 e. The van der Waals surface area contributed by atoms with Gasteiger partial charge >= 0.3 is 0 Å². The van der Waals surface area contributed by atoms with Crippen LogP contribution in [0.1, 0.15) is 31.4 Å². The smallest absolute Gasteiger partial charge is 0.231 e. The SMILES string of the molecule is CCCOc1ccc(-c2ccnc3[nH]c(C4C=CN(S(C)(=O)=O)CC4)cc23)cc1F. The first-order chi connectivity index (χ1) is 14.4. The lowest BCUT2D eigenvalue weighted by Gasteiger charge is -2.25. The van der Waals surface area contributed by atoms with E-state index >= 15 is 0 Å². The molecule has 4 rings (SSSR count). The molecule has 3 heterocycles. The van der Waals surface area contributed by atoms with Crippen LogP contribution in [-0.2, 0) is 10.0 Å². The molecule has 6 nitrogen and oxygen atoms in total. The number of aromatic amines is 1. The predicted octanol–water partition coefficient (Wildman–Crippen LogP) is 4.42. The lowest BCUT2D eigenvalue weighted by molar-refractivity contribution is 0.301. The van der Waals surface area contributed by atoms with Crippen LogP contribution in [0.15, 0.2) is 48.8 Å². The number of pyridine rings is 1. The van der Waals surface area contributed by atoms with E-state index in [1.807, 2.05) is 31.2 Å². The zero-order valence-electron chi connectivity index (χ0n) is 16.9. The number of H-pyrrole nitrogens is 1. The van der Waals surface area contributed by atoms with E-state index < -0.39 is 15.8 Å². The highest BCUT2D eigenvalue weighted by Crippen LogP contribution is 2.34. The molecule has 1 atom stereocenters. The highest BCUT2D eigenvalue weighted by Gasteiger charge is 2.22. The molecular weight excluding hydrogens is 405 g/mol. The van der Waals surface area contributed by atoms with Gasteiger partial charge in [0.2, 0.25) is 10.0 Å². The number of nitrogens with zero attached hydrogens (tertiary/aromatic N) is 2. The Morgan fingerprint density at radius 2 is 2.13 bits per heavy atom. The van der Waals surface area contributed by atoms with Crippen LogP contribution in [0.5, 0.6) is 5.75 Å². The normalized spacial score (nSPS) is 16.9. The van der Waals surface area contributed by atoms with E-state index in [4.69, 9.17) is 4.74 Å². The summed E-state index contributed by atoms with van der Waals surface area (Å²) in [7, 11) is -3.23. The third-order valence-corrected chi connectivity index (χ3v) is 6.38. The number of ether oxygens (including phenoxy) is 1. The molecule has 1 N–H and O–H groups in total. The Labute approximate surface area is 175 Å². The van der Waals surface area contributed by atoms with Crippen molar-refractivity contribution >= 4 is 21.1 Å². The molecule has 0 saturated carbocycles. The second-order valence-corrected chi connectivity index (χ2v) is 9.38. The minimum atomic E-state index is -3.23. The molecule has 1 unspecified atom stereocenters. The summed E-state index contributed by atoms with van der Waals surface area (Å²) in [4.78, 5) is 7.75. The molecule has 0 radical (unpaired) electrons. The zero-order chi connectivity index (χ0) is 21.3. The maximum absolute atomic E-state index is 14.5. The third-order valence-electron chi connectivity index (χ3n) is 5.23. The van der Waals surface area contributed by atoms with Gasteiger partial charge in [0.25, 0.3) is 0 Å². The van der Waals surface area contributed by atoms with Crippen LogP contribution in [-0.4, -0.2) is 42.1 Å². The molecule has 2 aromatic heterocycles. The highest BCUT2D eigenvalue weighted by atomic mass is 32.2. The summed E-state index contributed by atoms with van der Waals surface area (Å²) in [5.74, 6) is -0.0761. The largest absolute Gasteiger partial charge is 0.491 e. The third kappa shape index (κ3) is 4.05. The molecule has 1 aromatic carbocycles. The molecule has 8 heteroatoms. The summed E-state index contributed by atoms with van der Waals surface area (Å²) in [6.07, 6.45) is 7.88. The predicted molar refractivity (Wildman–Crippen MR) is 115 cm³/mol. The minimum Gasteiger partial charge on any atom is -0.491 e. The van der Waals surface area contributed by atoms with Crippen molar-refractivity contribution < 1.29 is 17.5 Å². The average Bonchev–Trinajstić information content (AvgIpc) is 3.17. The number of aromatic nitrogens is 2. The number of halogens is 1. The Hall–Kier alpha value is -2.87. The summed E-state index contributed by atoms with van der Waals surface area (Å²) in [5.41, 5.74) is 3.30. The van der Waals surface area contributed by atoms with E-state index in [2.05, 4.69) is 9.97 Å². The summed E-state index contributed by atoms with van der Waals surface area (Å²) < 4.78 is 44.7. The molecule has 0 amide bonds. The number of hydrogen-bond donors (Lipinski definition) is 1. The second-order valence-electron chi connectivity index (χ2n) is 7.45. The van der Waals surface area contributed by atoms with Crippen LogP contribution in [0.3, 0.4) is 0 Å². The van der Waals surface area contributed by atoms with Crippen LogP contribution < -0.4 is 4.74 Å². The number of nitrogens with one attached hydrogen (secondary N) is 1. The molecule has 0 bridgehead atoms. The molecule has 158 valence electrons. The summed E-state index contributed by atoms with van der Waals surface area (Å²) in [6, 6.07) is 8.87. The van der Waals surface area contributed by atoms with E-state index in [-0.39, 0.29) is 11.7 Å². The Morgan fingerprint density at radius 3 is 2.80 bits per heavy atom. The van der Waals surface area contributed by atoms with Crippen molar-refractivity contribution in [3.63, 3.8) is 0 Å². The topological polar surface area (TPSA) is 75.3 Å². The van der Waals surface area contributed by atoms with Gasteiger partial charge in [0.05, 0.1) is 12.9 Å². The molecule has 3 aromatic rings. The van der Waals surface area contributed by atoms with Crippen molar-refractivity contribution in [3.8, 4) is 16.9 Å². The standard InChI is InChI=1S/C22H24FN3O3S/c1-3-12-29-21-5-4-16(13-19(21)23)17-6-9-24-22-18(17)14-20(25-22)15-7-10-26(11-8-15)30(2,27)28/h4-7,9-10,13-15H,3,8,11-12H2,1-2H3,(H,24,25). The van der Waals surface area contributed by atoms with Crippen molar-refractivity contribution in [2.24, 2.45) is 0 Å². The van der Waals surface area contributed by atoms with Gasteiger partial charge in [-0.2, -0.15) is 0 Å². The minimum absolute atomic E-state index is 0.0617. The van der Waals surface area contributed by atoms with Crippen molar-refractivity contribution in [2.75, 3.05) is 19.4 Å². The van der Waals surface area contributed by atoms with Crippen LogP contribution in [0.2, 0.25) is 0 Å². The molecule has 30 heavy (non-hydrogen) atoms. The maximum atomic E-state index is 14.5. The number of sulfonamides is 1. The second kappa shape index (κ2) is 8.10. The molecule has 0 saturated heterocycles. The molecule has 1 aliphatic heterocycles. The van der Waals surface area contributed by atoms with Crippen LogP contribution in [0.4, 0.5) is 4.39 Å².